The molecule has 31 heavy (non-hydrogen) atoms. The number of methoxy groups -OCH3 is 1. The molecule has 7 heteroatoms. The van der Waals surface area contributed by atoms with E-state index in [0.29, 0.717) is 21.4 Å². The molecule has 0 radical (unpaired) electrons. The third-order valence-electron chi connectivity index (χ3n) is 4.80. The summed E-state index contributed by atoms with van der Waals surface area (Å²) in [5.74, 6) is 0.238. The summed E-state index contributed by atoms with van der Waals surface area (Å²) in [4.78, 5) is 13.5. The van der Waals surface area contributed by atoms with E-state index in [1.165, 1.54) is 19.2 Å². The number of benzene rings is 3. The Hall–Kier alpha value is -2.90. The Bertz CT molecular complexity index is 1200. The number of aryl methyl sites for hydroxylation is 1. The first-order valence-corrected chi connectivity index (χ1v) is 11.7. The van der Waals surface area contributed by atoms with E-state index >= 15 is 0 Å². The zero-order chi connectivity index (χ0) is 22.6. The Labute approximate surface area is 191 Å². The van der Waals surface area contributed by atoms with E-state index in [-0.39, 0.29) is 10.6 Å². The molecule has 0 aliphatic rings. The fourth-order valence-corrected chi connectivity index (χ4v) is 5.01. The van der Waals surface area contributed by atoms with Gasteiger partial charge in [0.1, 0.15) is 11.4 Å². The summed E-state index contributed by atoms with van der Waals surface area (Å²) in [5.41, 5.74) is 1.98. The molecule has 0 heterocycles. The van der Waals surface area contributed by atoms with Crippen LogP contribution in [0.1, 0.15) is 21.5 Å². The molecule has 0 aliphatic carbocycles. The minimum Gasteiger partial charge on any atom is -0.497 e. The van der Waals surface area contributed by atoms with Gasteiger partial charge in [0, 0.05) is 12.6 Å². The summed E-state index contributed by atoms with van der Waals surface area (Å²) in [7, 11) is -1.03. The molecule has 0 fully saturated rings. The fraction of sp³-hybridized carbons (Fsp3) is 0.125. The lowest BCUT2D eigenvalue weighted by Gasteiger charge is -2.23. The maximum atomic E-state index is 13.4. The van der Waals surface area contributed by atoms with Crippen LogP contribution in [0, 0.1) is 6.92 Å². The molecule has 0 amide bonds. The molecule has 160 valence electrons. The summed E-state index contributed by atoms with van der Waals surface area (Å²) in [6.45, 7) is 1.88. The van der Waals surface area contributed by atoms with E-state index < -0.39 is 15.8 Å². The zero-order valence-corrected chi connectivity index (χ0v) is 19.8. The van der Waals surface area contributed by atoms with Crippen molar-refractivity contribution in [1.29, 1.82) is 0 Å². The molecule has 3 aromatic carbocycles. The average Bonchev–Trinajstić information content (AvgIpc) is 2.80. The van der Waals surface area contributed by atoms with Gasteiger partial charge in [-0.3, -0.25) is 9.10 Å². The number of likely N-dealkylation sites (N-methyl/N-ethyl adjacent to an activating group) is 1. The summed E-state index contributed by atoms with van der Waals surface area (Å²) in [6, 6.07) is 22.1. The zero-order valence-electron chi connectivity index (χ0n) is 17.4. The summed E-state index contributed by atoms with van der Waals surface area (Å²) < 4.78 is 33.3. The number of halogens is 1. The molecule has 0 bridgehead atoms. The Kier molecular flexibility index (Phi) is 6.97. The number of nitrogens with zero attached hydrogens (tertiary/aromatic N) is 1. The van der Waals surface area contributed by atoms with Crippen molar-refractivity contribution >= 4 is 36.2 Å². The number of hydrogen-bond acceptors (Lipinski definition) is 4. The predicted molar refractivity (Wildman–Crippen MR) is 126 cm³/mol. The van der Waals surface area contributed by atoms with Gasteiger partial charge in [0.25, 0.3) is 10.0 Å². The third-order valence-corrected chi connectivity index (χ3v) is 7.40. The van der Waals surface area contributed by atoms with Crippen LogP contribution in [-0.2, 0) is 10.0 Å². The van der Waals surface area contributed by atoms with E-state index in [4.69, 9.17) is 4.74 Å². The fourth-order valence-electron chi connectivity index (χ4n) is 2.97. The van der Waals surface area contributed by atoms with Crippen LogP contribution in [0.5, 0.6) is 5.75 Å². The van der Waals surface area contributed by atoms with Gasteiger partial charge in [-0.05, 0) is 52.7 Å². The minimum atomic E-state index is -3.97. The van der Waals surface area contributed by atoms with Crippen molar-refractivity contribution in [2.24, 2.45) is 0 Å². The molecule has 0 aliphatic heterocycles. The van der Waals surface area contributed by atoms with Crippen molar-refractivity contribution in [2.75, 3.05) is 14.2 Å². The molecule has 3 aromatic rings. The van der Waals surface area contributed by atoms with Gasteiger partial charge in [0.2, 0.25) is 5.78 Å². The van der Waals surface area contributed by atoms with Crippen LogP contribution in [0.3, 0.4) is 0 Å². The van der Waals surface area contributed by atoms with Crippen LogP contribution in [0.15, 0.2) is 89.5 Å². The molecular weight excluding hydrogens is 478 g/mol. The van der Waals surface area contributed by atoms with Gasteiger partial charge in [0.05, 0.1) is 16.5 Å². The third kappa shape index (κ3) is 4.89. The summed E-state index contributed by atoms with van der Waals surface area (Å²) in [6.07, 6.45) is 0. The Morgan fingerprint density at radius 3 is 2.00 bits per heavy atom. The molecule has 3 rings (SSSR count). The number of hydrogen-bond donors (Lipinski definition) is 0. The van der Waals surface area contributed by atoms with Gasteiger partial charge in [-0.1, -0.05) is 60.2 Å². The number of sulfonamides is 1. The number of rotatable bonds is 7. The first-order chi connectivity index (χ1) is 14.8. The molecule has 0 saturated heterocycles. The lowest BCUT2D eigenvalue weighted by atomic mass is 10.1. The van der Waals surface area contributed by atoms with Crippen molar-refractivity contribution in [2.45, 2.75) is 11.8 Å². The second kappa shape index (κ2) is 9.49. The van der Waals surface area contributed by atoms with Gasteiger partial charge in [-0.2, -0.15) is 0 Å². The summed E-state index contributed by atoms with van der Waals surface area (Å²) in [5, 5.41) is 0. The largest absolute Gasteiger partial charge is 0.497 e. The number of ketones is 1. The van der Waals surface area contributed by atoms with Gasteiger partial charge < -0.3 is 4.74 Å². The Balaban J connectivity index is 2.17. The SMILES string of the molecule is COc1ccc(/C(Br)=C(\C(=O)c2ccccc2)N(C)S(=O)(=O)c2ccc(C)cc2)cc1. The van der Waals surface area contributed by atoms with Crippen molar-refractivity contribution in [3.63, 3.8) is 0 Å². The van der Waals surface area contributed by atoms with E-state index in [2.05, 4.69) is 15.9 Å². The number of ether oxygens (including phenoxy) is 1. The number of carbonyl (C=O) groups is 1. The lowest BCUT2D eigenvalue weighted by molar-refractivity contribution is 0.101. The van der Waals surface area contributed by atoms with Gasteiger partial charge >= 0.3 is 0 Å². The predicted octanol–water partition coefficient (Wildman–Crippen LogP) is 5.27. The van der Waals surface area contributed by atoms with Crippen molar-refractivity contribution in [1.82, 2.24) is 4.31 Å². The van der Waals surface area contributed by atoms with Crippen LogP contribution in [0.25, 0.3) is 4.48 Å². The molecule has 0 saturated carbocycles. The van der Waals surface area contributed by atoms with Crippen LogP contribution >= 0.6 is 15.9 Å². The van der Waals surface area contributed by atoms with Crippen LogP contribution in [0.2, 0.25) is 0 Å². The Morgan fingerprint density at radius 1 is 0.871 bits per heavy atom. The molecule has 5 nitrogen and oxygen atoms in total. The monoisotopic (exact) mass is 499 g/mol. The maximum Gasteiger partial charge on any atom is 0.264 e. The van der Waals surface area contributed by atoms with Gasteiger partial charge in [-0.15, -0.1) is 0 Å². The van der Waals surface area contributed by atoms with Crippen LogP contribution in [-0.4, -0.2) is 32.7 Å². The first kappa shape index (κ1) is 22.8. The van der Waals surface area contributed by atoms with E-state index in [1.807, 2.05) is 6.92 Å². The number of Topliss-reactive ketones (excluding diaryl/α,β-unsaturated/α-hetero) is 1. The van der Waals surface area contributed by atoms with Crippen molar-refractivity contribution in [3.8, 4) is 5.75 Å². The molecule has 0 unspecified atom stereocenters. The highest BCUT2D eigenvalue weighted by molar-refractivity contribution is 9.15. The number of allylic oxidation sites excluding steroid dienone is 1. The van der Waals surface area contributed by atoms with Crippen molar-refractivity contribution in [3.05, 3.63) is 101 Å². The standard InChI is InChI=1S/C24H22BrNO4S/c1-17-9-15-21(16-10-17)31(28,29)26(2)23(24(27)19-7-5-4-6-8-19)22(25)18-11-13-20(30-3)14-12-18/h4-16H,1-3H3/b23-22-. The maximum absolute atomic E-state index is 13.4. The number of carbonyl (C=O) groups excluding carboxylic acids is 1. The van der Waals surface area contributed by atoms with E-state index in [0.717, 1.165) is 9.87 Å². The summed E-state index contributed by atoms with van der Waals surface area (Å²) >= 11 is 3.49. The normalized spacial score (nSPS) is 12.1. The van der Waals surface area contributed by atoms with E-state index in [1.54, 1.807) is 73.8 Å². The van der Waals surface area contributed by atoms with E-state index in [9.17, 15) is 13.2 Å². The molecule has 0 N–H and O–H groups in total. The molecule has 0 aromatic heterocycles. The van der Waals surface area contributed by atoms with Gasteiger partial charge in [0.15, 0.2) is 0 Å². The second-order valence-corrected chi connectivity index (χ2v) is 9.63. The molecular formula is C24H22BrNO4S. The topological polar surface area (TPSA) is 63.7 Å². The highest BCUT2D eigenvalue weighted by atomic mass is 79.9. The smallest absolute Gasteiger partial charge is 0.264 e. The van der Waals surface area contributed by atoms with Crippen molar-refractivity contribution < 1.29 is 17.9 Å². The quantitative estimate of drug-likeness (QED) is 0.328. The molecule has 0 atom stereocenters. The van der Waals surface area contributed by atoms with Gasteiger partial charge in [-0.25, -0.2) is 8.42 Å². The van der Waals surface area contributed by atoms with Crippen LogP contribution < -0.4 is 4.74 Å². The first-order valence-electron chi connectivity index (χ1n) is 9.45. The lowest BCUT2D eigenvalue weighted by Crippen LogP contribution is -2.31. The minimum absolute atomic E-state index is 0.0111. The molecule has 0 spiro atoms. The average molecular weight is 500 g/mol. The van der Waals surface area contributed by atoms with Crippen LogP contribution in [0.4, 0.5) is 0 Å². The highest BCUT2D eigenvalue weighted by Gasteiger charge is 2.30. The highest BCUT2D eigenvalue weighted by Crippen LogP contribution is 2.33. The second-order valence-electron chi connectivity index (χ2n) is 6.87. The Morgan fingerprint density at radius 2 is 1.45 bits per heavy atom.